The second-order valence-electron chi connectivity index (χ2n) is 11.6. The van der Waals surface area contributed by atoms with Crippen molar-refractivity contribution in [1.29, 1.82) is 0 Å². The number of hydrogen-bond acceptors (Lipinski definition) is 8. The average Bonchev–Trinajstić information content (AvgIpc) is 3.86. The maximum Gasteiger partial charge on any atom is 0.412 e. The van der Waals surface area contributed by atoms with Crippen LogP contribution in [-0.4, -0.2) is 72.6 Å². The molecule has 12 heteroatoms. The minimum atomic E-state index is -0.808. The molecule has 0 spiro atoms. The molecule has 4 aromatic rings. The summed E-state index contributed by atoms with van der Waals surface area (Å²) in [6.07, 6.45) is 2.61. The van der Waals surface area contributed by atoms with Crippen LogP contribution >= 0.6 is 0 Å². The molecule has 2 saturated heterocycles. The van der Waals surface area contributed by atoms with Gasteiger partial charge in [-0.2, -0.15) is 0 Å². The smallest absolute Gasteiger partial charge is 0.412 e. The van der Waals surface area contributed by atoms with E-state index < -0.39 is 24.3 Å². The number of ether oxygens (including phenoxy) is 4. The number of hydrogen-bond donors (Lipinski definition) is 2. The topological polar surface area (TPSA) is 136 Å². The third-order valence-corrected chi connectivity index (χ3v) is 8.07. The summed E-state index contributed by atoms with van der Waals surface area (Å²) in [5, 5.41) is 5.69. The van der Waals surface area contributed by atoms with E-state index in [0.29, 0.717) is 11.4 Å². The molecule has 4 aromatic carbocycles. The number of amides is 4. The van der Waals surface area contributed by atoms with Gasteiger partial charge >= 0.3 is 12.2 Å². The van der Waals surface area contributed by atoms with Crippen LogP contribution in [0, 0.1) is 0 Å². The number of anilines is 2. The maximum absolute atomic E-state index is 13.0. The van der Waals surface area contributed by atoms with Gasteiger partial charge < -0.3 is 29.6 Å². The Kier molecular flexibility index (Phi) is 11.1. The monoisotopic (exact) mass is 676 g/mol. The molecule has 2 aliphatic heterocycles. The molecular formula is C38H36N4O8. The quantitative estimate of drug-likeness (QED) is 0.204. The number of benzene rings is 4. The average molecular weight is 677 g/mol. The van der Waals surface area contributed by atoms with E-state index >= 15 is 0 Å². The lowest BCUT2D eigenvalue weighted by atomic mass is 10.1. The van der Waals surface area contributed by atoms with Crippen molar-refractivity contribution in [3.8, 4) is 0 Å². The molecule has 2 fully saturated rings. The molecular weight excluding hydrogens is 640 g/mol. The predicted molar refractivity (Wildman–Crippen MR) is 185 cm³/mol. The summed E-state index contributed by atoms with van der Waals surface area (Å²) in [4.78, 5) is 53.8. The summed E-state index contributed by atoms with van der Waals surface area (Å²) in [5.74, 6) is -0.739. The largest absolute Gasteiger partial charge is 0.444 e. The highest BCUT2D eigenvalue weighted by Crippen LogP contribution is 2.20. The number of carbonyl (C=O) groups is 4. The fourth-order valence-electron chi connectivity index (χ4n) is 5.28. The summed E-state index contributed by atoms with van der Waals surface area (Å²) in [6, 6.07) is 31.5. The van der Waals surface area contributed by atoms with Crippen LogP contribution in [0.2, 0.25) is 0 Å². The van der Waals surface area contributed by atoms with Gasteiger partial charge in [0.1, 0.15) is 38.8 Å². The fraction of sp³-hybridized carbons (Fsp3) is 0.211. The normalized spacial score (nSPS) is 17.0. The first-order valence-electron chi connectivity index (χ1n) is 16.0. The molecule has 4 amide bonds. The van der Waals surface area contributed by atoms with Crippen LogP contribution in [0.3, 0.4) is 0 Å². The molecule has 2 aliphatic rings. The Labute approximate surface area is 289 Å². The van der Waals surface area contributed by atoms with Crippen LogP contribution in [0.15, 0.2) is 109 Å². The zero-order valence-electron chi connectivity index (χ0n) is 27.1. The van der Waals surface area contributed by atoms with Gasteiger partial charge in [-0.1, -0.05) is 97.1 Å². The van der Waals surface area contributed by atoms with Gasteiger partial charge in [0.2, 0.25) is 11.8 Å². The summed E-state index contributed by atoms with van der Waals surface area (Å²) in [7, 11) is 0. The maximum atomic E-state index is 13.0. The molecule has 0 bridgehead atoms. The van der Waals surface area contributed by atoms with Gasteiger partial charge in [0, 0.05) is 11.4 Å². The Balaban J connectivity index is 0.961. The van der Waals surface area contributed by atoms with Gasteiger partial charge in [-0.05, 0) is 46.5 Å². The SMILES string of the molecule is O=C(Nc1ccc(/C=C/c2ccc(NC(=O)[C@@H]3COCN3C(=O)OCc3ccccc3)cc2)cc1)[C@@H]1COCN1C(=O)OCc1ccccc1. The summed E-state index contributed by atoms with van der Waals surface area (Å²) >= 11 is 0. The fourth-order valence-corrected chi connectivity index (χ4v) is 5.28. The highest BCUT2D eigenvalue weighted by Gasteiger charge is 2.37. The molecule has 2 atom stereocenters. The lowest BCUT2D eigenvalue weighted by molar-refractivity contribution is -0.120. The highest BCUT2D eigenvalue weighted by molar-refractivity contribution is 5.98. The first-order chi connectivity index (χ1) is 24.4. The third-order valence-electron chi connectivity index (χ3n) is 8.07. The van der Waals surface area contributed by atoms with E-state index in [1.807, 2.05) is 97.1 Å². The van der Waals surface area contributed by atoms with Crippen LogP contribution in [0.25, 0.3) is 12.2 Å². The van der Waals surface area contributed by atoms with Crippen LogP contribution in [0.4, 0.5) is 21.0 Å². The van der Waals surface area contributed by atoms with Gasteiger partial charge in [0.25, 0.3) is 0 Å². The van der Waals surface area contributed by atoms with Crippen molar-refractivity contribution in [3.05, 3.63) is 131 Å². The Morgan fingerprint density at radius 1 is 0.580 bits per heavy atom. The molecule has 2 heterocycles. The standard InChI is InChI=1S/C38H36N4O8/c43-35(33-23-47-25-41(33)37(45)49-21-29-7-3-1-4-8-29)39-31-17-13-27(14-18-31)11-12-28-15-19-32(20-16-28)40-36(44)34-24-48-26-42(34)38(46)50-22-30-9-5-2-6-10-30/h1-20,33-34H,21-26H2,(H,39,43)(H,40,44)/b12-11+/t33-,34-/m0/s1. The second kappa shape index (κ2) is 16.4. The van der Waals surface area contributed by atoms with Crippen LogP contribution in [0.1, 0.15) is 22.3 Å². The molecule has 0 unspecified atom stereocenters. The Hall–Kier alpha value is -5.98. The molecule has 0 saturated carbocycles. The first kappa shape index (κ1) is 33.9. The van der Waals surface area contributed by atoms with Crippen molar-refractivity contribution in [2.24, 2.45) is 0 Å². The minimum Gasteiger partial charge on any atom is -0.444 e. The number of nitrogens with one attached hydrogen (secondary N) is 2. The lowest BCUT2D eigenvalue weighted by Crippen LogP contribution is -2.44. The van der Waals surface area contributed by atoms with Gasteiger partial charge in [-0.15, -0.1) is 0 Å². The van der Waals surface area contributed by atoms with E-state index in [2.05, 4.69) is 10.6 Å². The van der Waals surface area contributed by atoms with Gasteiger partial charge in [-0.3, -0.25) is 19.4 Å². The summed E-state index contributed by atoms with van der Waals surface area (Å²) in [6.45, 7) is 0.307. The molecule has 12 nitrogen and oxygen atoms in total. The molecule has 6 rings (SSSR count). The van der Waals surface area contributed by atoms with Crippen LogP contribution < -0.4 is 10.6 Å². The zero-order valence-corrected chi connectivity index (χ0v) is 27.1. The van der Waals surface area contributed by atoms with Gasteiger partial charge in [0.05, 0.1) is 13.2 Å². The zero-order chi connectivity index (χ0) is 34.7. The van der Waals surface area contributed by atoms with Crippen molar-refractivity contribution < 1.29 is 38.1 Å². The van der Waals surface area contributed by atoms with Crippen LogP contribution in [0.5, 0.6) is 0 Å². The van der Waals surface area contributed by atoms with Crippen molar-refractivity contribution in [2.45, 2.75) is 25.3 Å². The van der Waals surface area contributed by atoms with Crippen molar-refractivity contribution in [3.63, 3.8) is 0 Å². The van der Waals surface area contributed by atoms with Crippen molar-refractivity contribution >= 4 is 47.5 Å². The van der Waals surface area contributed by atoms with E-state index in [0.717, 1.165) is 22.3 Å². The van der Waals surface area contributed by atoms with E-state index in [9.17, 15) is 19.2 Å². The van der Waals surface area contributed by atoms with Crippen molar-refractivity contribution in [2.75, 3.05) is 37.3 Å². The molecule has 0 aliphatic carbocycles. The minimum absolute atomic E-state index is 0.0249. The van der Waals surface area contributed by atoms with Gasteiger partial charge in [0.15, 0.2) is 0 Å². The molecule has 2 N–H and O–H groups in total. The Morgan fingerprint density at radius 2 is 0.960 bits per heavy atom. The van der Waals surface area contributed by atoms with Crippen molar-refractivity contribution in [1.82, 2.24) is 9.80 Å². The second-order valence-corrected chi connectivity index (χ2v) is 11.6. The molecule has 0 radical (unpaired) electrons. The lowest BCUT2D eigenvalue weighted by Gasteiger charge is -2.21. The molecule has 50 heavy (non-hydrogen) atoms. The number of nitrogens with zero attached hydrogens (tertiary/aromatic N) is 2. The molecule has 256 valence electrons. The first-order valence-corrected chi connectivity index (χ1v) is 16.0. The highest BCUT2D eigenvalue weighted by atomic mass is 16.6. The summed E-state index contributed by atoms with van der Waals surface area (Å²) in [5.41, 5.74) is 4.65. The van der Waals surface area contributed by atoms with E-state index in [-0.39, 0.29) is 51.7 Å². The summed E-state index contributed by atoms with van der Waals surface area (Å²) < 4.78 is 21.5. The third kappa shape index (κ3) is 8.92. The van der Waals surface area contributed by atoms with E-state index in [1.165, 1.54) is 9.80 Å². The van der Waals surface area contributed by atoms with E-state index in [1.54, 1.807) is 24.3 Å². The molecule has 0 aromatic heterocycles. The van der Waals surface area contributed by atoms with Crippen LogP contribution in [-0.2, 0) is 41.8 Å². The Morgan fingerprint density at radius 3 is 1.34 bits per heavy atom. The predicted octanol–water partition coefficient (Wildman–Crippen LogP) is 5.72. The number of rotatable bonds is 10. The van der Waals surface area contributed by atoms with Gasteiger partial charge in [-0.25, -0.2) is 9.59 Å². The van der Waals surface area contributed by atoms with E-state index in [4.69, 9.17) is 18.9 Å². The Bertz CT molecular complexity index is 1670. The number of carbonyl (C=O) groups excluding carboxylic acids is 4.